The molecule has 1 atom stereocenters. The first-order valence-corrected chi connectivity index (χ1v) is 6.33. The van der Waals surface area contributed by atoms with Crippen LogP contribution in [-0.4, -0.2) is 46.8 Å². The molecule has 0 fully saturated rings. The van der Waals surface area contributed by atoms with Gasteiger partial charge < -0.3 is 20.4 Å². The van der Waals surface area contributed by atoms with Crippen LogP contribution in [0.5, 0.6) is 0 Å². The summed E-state index contributed by atoms with van der Waals surface area (Å²) in [6.07, 6.45) is 0. The molecule has 1 aromatic rings. The van der Waals surface area contributed by atoms with E-state index in [1.807, 2.05) is 0 Å². The number of anilines is 1. The lowest BCUT2D eigenvalue weighted by atomic mass is 10.2. The van der Waals surface area contributed by atoms with Crippen LogP contribution in [0.2, 0.25) is 0 Å². The van der Waals surface area contributed by atoms with Crippen molar-refractivity contribution in [3.05, 3.63) is 28.2 Å². The Bertz CT molecular complexity index is 493. The lowest BCUT2D eigenvalue weighted by molar-refractivity contribution is 0.0696. The van der Waals surface area contributed by atoms with Crippen LogP contribution in [0, 0.1) is 0 Å². The monoisotopic (exact) mass is 330 g/mol. The van der Waals surface area contributed by atoms with Crippen molar-refractivity contribution >= 4 is 33.6 Å². The van der Waals surface area contributed by atoms with E-state index in [-0.39, 0.29) is 18.2 Å². The second-order valence-corrected chi connectivity index (χ2v) is 5.02. The number of urea groups is 1. The Morgan fingerprint density at radius 2 is 2.05 bits per heavy atom. The Morgan fingerprint density at radius 1 is 1.42 bits per heavy atom. The van der Waals surface area contributed by atoms with Gasteiger partial charge in [0.05, 0.1) is 18.2 Å². The topological polar surface area (TPSA) is 89.9 Å². The molecule has 7 heteroatoms. The minimum absolute atomic E-state index is 0.0718. The minimum atomic E-state index is -1.08. The maximum absolute atomic E-state index is 11.8. The summed E-state index contributed by atoms with van der Waals surface area (Å²) in [6.45, 7) is 1.55. The predicted octanol–water partition coefficient (Wildman–Crippen LogP) is 1.99. The van der Waals surface area contributed by atoms with Crippen LogP contribution in [0.4, 0.5) is 10.5 Å². The van der Waals surface area contributed by atoms with Gasteiger partial charge in [0.15, 0.2) is 0 Å². The van der Waals surface area contributed by atoms with Crippen molar-refractivity contribution in [1.29, 1.82) is 0 Å². The zero-order valence-corrected chi connectivity index (χ0v) is 12.1. The fraction of sp³-hybridized carbons (Fsp3) is 0.333. The largest absolute Gasteiger partial charge is 0.478 e. The Hall–Kier alpha value is -1.60. The number of carbonyl (C=O) groups excluding carboxylic acids is 1. The zero-order valence-electron chi connectivity index (χ0n) is 10.6. The van der Waals surface area contributed by atoms with Gasteiger partial charge in [-0.25, -0.2) is 9.59 Å². The maximum atomic E-state index is 11.8. The number of nitrogens with zero attached hydrogens (tertiary/aromatic N) is 1. The Morgan fingerprint density at radius 3 is 2.58 bits per heavy atom. The third-order valence-corrected chi connectivity index (χ3v) is 3.10. The minimum Gasteiger partial charge on any atom is -0.478 e. The van der Waals surface area contributed by atoms with Gasteiger partial charge in [-0.2, -0.15) is 0 Å². The number of amides is 2. The highest BCUT2D eigenvalue weighted by Gasteiger charge is 2.15. The first-order valence-electron chi connectivity index (χ1n) is 5.53. The highest BCUT2D eigenvalue weighted by Crippen LogP contribution is 2.20. The van der Waals surface area contributed by atoms with Gasteiger partial charge in [0, 0.05) is 17.2 Å². The number of hydrogen-bond donors (Lipinski definition) is 3. The van der Waals surface area contributed by atoms with E-state index in [1.165, 1.54) is 17.0 Å². The molecule has 0 saturated heterocycles. The summed E-state index contributed by atoms with van der Waals surface area (Å²) < 4.78 is 0.556. The van der Waals surface area contributed by atoms with Crippen LogP contribution < -0.4 is 5.32 Å². The average Bonchev–Trinajstić information content (AvgIpc) is 2.35. The Kier molecular flexibility index (Phi) is 5.31. The van der Waals surface area contributed by atoms with Crippen molar-refractivity contribution in [2.75, 3.05) is 19.0 Å². The van der Waals surface area contributed by atoms with Gasteiger partial charge in [0.2, 0.25) is 0 Å². The molecule has 0 aliphatic heterocycles. The van der Waals surface area contributed by atoms with Crippen LogP contribution in [0.3, 0.4) is 0 Å². The van der Waals surface area contributed by atoms with E-state index in [1.54, 1.807) is 20.0 Å². The number of halogens is 1. The molecule has 6 nitrogen and oxygen atoms in total. The predicted molar refractivity (Wildman–Crippen MR) is 74.4 cm³/mol. The van der Waals surface area contributed by atoms with Crippen LogP contribution in [0.1, 0.15) is 17.3 Å². The van der Waals surface area contributed by atoms with Crippen molar-refractivity contribution in [3.63, 3.8) is 0 Å². The first-order chi connectivity index (χ1) is 8.85. The van der Waals surface area contributed by atoms with Crippen LogP contribution in [-0.2, 0) is 0 Å². The summed E-state index contributed by atoms with van der Waals surface area (Å²) in [5.74, 6) is -1.08. The summed E-state index contributed by atoms with van der Waals surface area (Å²) in [6, 6.07) is 3.66. The zero-order chi connectivity index (χ0) is 14.6. The molecule has 3 N–H and O–H groups in total. The first kappa shape index (κ1) is 15.5. The second kappa shape index (κ2) is 6.53. The molecule has 1 aromatic carbocycles. The standard InChI is InChI=1S/C12H15BrN2O4/c1-7(6-16)15(2)12(19)14-10-4-8(11(17)18)3-9(13)5-10/h3-5,7,16H,6H2,1-2H3,(H,14,19)(H,17,18). The third-order valence-electron chi connectivity index (χ3n) is 2.64. The molecule has 0 spiro atoms. The van der Waals surface area contributed by atoms with E-state index in [0.717, 1.165) is 0 Å². The number of aromatic carboxylic acids is 1. The number of nitrogens with one attached hydrogen (secondary N) is 1. The van der Waals surface area contributed by atoms with Gasteiger partial charge >= 0.3 is 12.0 Å². The normalized spacial score (nSPS) is 11.8. The molecule has 0 heterocycles. The number of aliphatic hydroxyl groups is 1. The van der Waals surface area contributed by atoms with Gasteiger partial charge in [-0.1, -0.05) is 15.9 Å². The van der Waals surface area contributed by atoms with Gasteiger partial charge in [0.25, 0.3) is 0 Å². The van der Waals surface area contributed by atoms with Crippen molar-refractivity contribution in [1.82, 2.24) is 4.90 Å². The fourth-order valence-corrected chi connectivity index (χ4v) is 1.81. The Balaban J connectivity index is 2.88. The highest BCUT2D eigenvalue weighted by atomic mass is 79.9. The SMILES string of the molecule is CC(CO)N(C)C(=O)Nc1cc(Br)cc(C(=O)O)c1. The summed E-state index contributed by atoms with van der Waals surface area (Å²) in [4.78, 5) is 24.1. The summed E-state index contributed by atoms with van der Waals surface area (Å²) in [7, 11) is 1.55. The Labute approximate surface area is 119 Å². The number of carboxylic acid groups (broad SMARTS) is 1. The number of aliphatic hydroxyl groups excluding tert-OH is 1. The van der Waals surface area contributed by atoms with Gasteiger partial charge in [0.1, 0.15) is 0 Å². The number of likely N-dealkylation sites (N-methyl/N-ethyl adjacent to an activating group) is 1. The molecular formula is C12H15BrN2O4. The van der Waals surface area contributed by atoms with Gasteiger partial charge in [-0.05, 0) is 25.1 Å². The van der Waals surface area contributed by atoms with Crippen LogP contribution >= 0.6 is 15.9 Å². The molecule has 1 rings (SSSR count). The molecule has 0 saturated carbocycles. The van der Waals surface area contributed by atoms with Crippen molar-refractivity contribution in [2.24, 2.45) is 0 Å². The summed E-state index contributed by atoms with van der Waals surface area (Å²) in [5.41, 5.74) is 0.441. The third kappa shape index (κ3) is 4.22. The number of carbonyl (C=O) groups is 2. The molecule has 2 amide bonds. The van der Waals surface area contributed by atoms with E-state index < -0.39 is 12.0 Å². The fourth-order valence-electron chi connectivity index (χ4n) is 1.32. The summed E-state index contributed by atoms with van der Waals surface area (Å²) in [5, 5.41) is 20.5. The molecule has 0 bridgehead atoms. The molecular weight excluding hydrogens is 316 g/mol. The van der Waals surface area contributed by atoms with Crippen molar-refractivity contribution in [3.8, 4) is 0 Å². The molecule has 0 aromatic heterocycles. The number of hydrogen-bond acceptors (Lipinski definition) is 3. The maximum Gasteiger partial charge on any atom is 0.335 e. The van der Waals surface area contributed by atoms with E-state index >= 15 is 0 Å². The lowest BCUT2D eigenvalue weighted by Crippen LogP contribution is -2.40. The molecule has 0 aliphatic carbocycles. The van der Waals surface area contributed by atoms with Crippen LogP contribution in [0.15, 0.2) is 22.7 Å². The van der Waals surface area contributed by atoms with Crippen molar-refractivity contribution < 1.29 is 19.8 Å². The highest BCUT2D eigenvalue weighted by molar-refractivity contribution is 9.10. The van der Waals surface area contributed by atoms with Gasteiger partial charge in [-0.15, -0.1) is 0 Å². The number of rotatable bonds is 4. The molecule has 0 aliphatic rings. The van der Waals surface area contributed by atoms with Crippen molar-refractivity contribution in [2.45, 2.75) is 13.0 Å². The van der Waals surface area contributed by atoms with E-state index in [2.05, 4.69) is 21.2 Å². The molecule has 19 heavy (non-hydrogen) atoms. The lowest BCUT2D eigenvalue weighted by Gasteiger charge is -2.23. The van der Waals surface area contributed by atoms with E-state index in [4.69, 9.17) is 10.2 Å². The summed E-state index contributed by atoms with van der Waals surface area (Å²) >= 11 is 3.18. The smallest absolute Gasteiger partial charge is 0.335 e. The van der Waals surface area contributed by atoms with Crippen LogP contribution in [0.25, 0.3) is 0 Å². The molecule has 104 valence electrons. The molecule has 1 unspecified atom stereocenters. The number of benzene rings is 1. The molecule has 0 radical (unpaired) electrons. The second-order valence-electron chi connectivity index (χ2n) is 4.11. The van der Waals surface area contributed by atoms with Gasteiger partial charge in [-0.3, -0.25) is 0 Å². The van der Waals surface area contributed by atoms with E-state index in [9.17, 15) is 9.59 Å². The quantitative estimate of drug-likeness (QED) is 0.787. The van der Waals surface area contributed by atoms with E-state index in [0.29, 0.717) is 10.2 Å². The average molecular weight is 331 g/mol. The number of carboxylic acids is 1.